The maximum atomic E-state index is 11.2. The van der Waals surface area contributed by atoms with Gasteiger partial charge in [0.25, 0.3) is 0 Å². The van der Waals surface area contributed by atoms with Crippen molar-refractivity contribution in [1.29, 1.82) is 0 Å². The summed E-state index contributed by atoms with van der Waals surface area (Å²) in [6, 6.07) is 5.91. The first-order chi connectivity index (χ1) is 11.0. The van der Waals surface area contributed by atoms with E-state index in [-0.39, 0.29) is 5.41 Å². The van der Waals surface area contributed by atoms with Gasteiger partial charge in [-0.1, -0.05) is 13.0 Å². The minimum Gasteiger partial charge on any atom is -0.508 e. The molecule has 0 aliphatic heterocycles. The number of carboxylic acids is 1. The number of rotatable bonds is 2. The Labute approximate surface area is 137 Å². The lowest BCUT2D eigenvalue weighted by atomic mass is 9.54. The van der Waals surface area contributed by atoms with Gasteiger partial charge in [0.1, 0.15) is 5.75 Å². The van der Waals surface area contributed by atoms with Gasteiger partial charge in [0.15, 0.2) is 0 Å². The lowest BCUT2D eigenvalue weighted by Crippen LogP contribution is -2.42. The molecule has 0 bridgehead atoms. The van der Waals surface area contributed by atoms with Gasteiger partial charge < -0.3 is 10.2 Å². The third kappa shape index (κ3) is 2.28. The highest BCUT2D eigenvalue weighted by atomic mass is 16.4. The third-order valence-electron chi connectivity index (χ3n) is 7.33. The van der Waals surface area contributed by atoms with Crippen LogP contribution < -0.4 is 0 Å². The van der Waals surface area contributed by atoms with Crippen LogP contribution in [0.1, 0.15) is 62.5 Å². The number of hydrogen-bond donors (Lipinski definition) is 2. The molecule has 3 nitrogen and oxygen atoms in total. The van der Waals surface area contributed by atoms with Gasteiger partial charge in [-0.05, 0) is 90.9 Å². The summed E-state index contributed by atoms with van der Waals surface area (Å²) in [5.74, 6) is 2.08. The van der Waals surface area contributed by atoms with Crippen LogP contribution in [0.2, 0.25) is 0 Å². The van der Waals surface area contributed by atoms with Crippen LogP contribution in [0.3, 0.4) is 0 Å². The van der Waals surface area contributed by atoms with E-state index in [1.807, 2.05) is 12.1 Å². The van der Waals surface area contributed by atoms with Crippen molar-refractivity contribution in [2.45, 2.75) is 57.8 Å². The number of fused-ring (bicyclic) bond motifs is 5. The normalized spacial score (nSPS) is 38.5. The van der Waals surface area contributed by atoms with E-state index in [9.17, 15) is 15.0 Å². The number of aryl methyl sites for hydroxylation is 1. The van der Waals surface area contributed by atoms with Gasteiger partial charge in [0.2, 0.25) is 0 Å². The standard InChI is InChI=1S/C20H26O3/c1-20-9-8-16-15-6-4-14(21)10-12(15)2-5-17(16)18(20)7-3-13(20)11-19(22)23/h4,6,10,13,16-18,21H,2-3,5,7-9,11H2,1H3,(H,22,23). The zero-order valence-electron chi connectivity index (χ0n) is 13.8. The van der Waals surface area contributed by atoms with E-state index in [1.165, 1.54) is 30.4 Å². The van der Waals surface area contributed by atoms with Crippen LogP contribution in [-0.4, -0.2) is 16.2 Å². The molecule has 124 valence electrons. The first-order valence-electron chi connectivity index (χ1n) is 9.02. The minimum absolute atomic E-state index is 0.216. The fourth-order valence-electron chi connectivity index (χ4n) is 6.22. The second-order valence-electron chi connectivity index (χ2n) is 8.22. The Morgan fingerprint density at radius 3 is 2.87 bits per heavy atom. The van der Waals surface area contributed by atoms with E-state index in [0.717, 1.165) is 19.3 Å². The van der Waals surface area contributed by atoms with Crippen molar-refractivity contribution in [3.05, 3.63) is 29.3 Å². The van der Waals surface area contributed by atoms with Crippen molar-refractivity contribution >= 4 is 5.97 Å². The van der Waals surface area contributed by atoms with Crippen molar-refractivity contribution in [3.63, 3.8) is 0 Å². The predicted octanol–water partition coefficient (Wildman–Crippen LogP) is 4.34. The third-order valence-corrected chi connectivity index (χ3v) is 7.33. The molecule has 0 aromatic heterocycles. The number of carbonyl (C=O) groups is 1. The maximum absolute atomic E-state index is 11.2. The SMILES string of the molecule is CC12CCC3c4ccc(O)cc4CCC3C1CCC2CC(=O)O. The molecular formula is C20H26O3. The zero-order chi connectivity index (χ0) is 16.2. The van der Waals surface area contributed by atoms with Crippen LogP contribution in [0.4, 0.5) is 0 Å². The van der Waals surface area contributed by atoms with Gasteiger partial charge in [-0.3, -0.25) is 4.79 Å². The molecule has 0 heterocycles. The quantitative estimate of drug-likeness (QED) is 0.853. The Morgan fingerprint density at radius 1 is 1.26 bits per heavy atom. The summed E-state index contributed by atoms with van der Waals surface area (Å²) in [5, 5.41) is 19.0. The molecule has 4 rings (SSSR count). The van der Waals surface area contributed by atoms with Gasteiger partial charge in [-0.2, -0.15) is 0 Å². The van der Waals surface area contributed by atoms with Crippen LogP contribution in [0.25, 0.3) is 0 Å². The molecule has 0 saturated heterocycles. The molecule has 2 fully saturated rings. The van der Waals surface area contributed by atoms with E-state index in [1.54, 1.807) is 0 Å². The summed E-state index contributed by atoms with van der Waals surface area (Å²) in [7, 11) is 0. The summed E-state index contributed by atoms with van der Waals surface area (Å²) in [6.07, 6.45) is 7.20. The highest BCUT2D eigenvalue weighted by Crippen LogP contribution is 2.63. The Balaban J connectivity index is 1.63. The van der Waals surface area contributed by atoms with E-state index < -0.39 is 5.97 Å². The summed E-state index contributed by atoms with van der Waals surface area (Å²) in [6.45, 7) is 2.36. The van der Waals surface area contributed by atoms with Crippen molar-refractivity contribution < 1.29 is 15.0 Å². The number of aromatic hydroxyl groups is 1. The highest BCUT2D eigenvalue weighted by Gasteiger charge is 2.54. The lowest BCUT2D eigenvalue weighted by Gasteiger charge is -2.51. The summed E-state index contributed by atoms with van der Waals surface area (Å²) < 4.78 is 0. The molecule has 3 aliphatic rings. The van der Waals surface area contributed by atoms with Gasteiger partial charge in [-0.15, -0.1) is 0 Å². The molecule has 23 heavy (non-hydrogen) atoms. The van der Waals surface area contributed by atoms with Crippen LogP contribution in [0.5, 0.6) is 5.75 Å². The summed E-state index contributed by atoms with van der Waals surface area (Å²) in [4.78, 5) is 11.2. The van der Waals surface area contributed by atoms with Crippen molar-refractivity contribution in [2.24, 2.45) is 23.2 Å². The molecule has 2 saturated carbocycles. The number of hydrogen-bond acceptors (Lipinski definition) is 2. The molecule has 5 unspecified atom stereocenters. The molecule has 0 spiro atoms. The van der Waals surface area contributed by atoms with Crippen LogP contribution >= 0.6 is 0 Å². The van der Waals surface area contributed by atoms with Crippen molar-refractivity contribution in [1.82, 2.24) is 0 Å². The molecule has 3 aliphatic carbocycles. The first kappa shape index (κ1) is 15.0. The maximum Gasteiger partial charge on any atom is 0.303 e. The summed E-state index contributed by atoms with van der Waals surface area (Å²) >= 11 is 0. The fourth-order valence-corrected chi connectivity index (χ4v) is 6.22. The number of phenolic OH excluding ortho intramolecular Hbond substituents is 1. The Bertz CT molecular complexity index is 638. The minimum atomic E-state index is -0.636. The number of benzene rings is 1. The first-order valence-corrected chi connectivity index (χ1v) is 9.02. The van der Waals surface area contributed by atoms with Crippen LogP contribution in [-0.2, 0) is 11.2 Å². The topological polar surface area (TPSA) is 57.5 Å². The van der Waals surface area contributed by atoms with Gasteiger partial charge in [0.05, 0.1) is 0 Å². The molecule has 5 atom stereocenters. The van der Waals surface area contributed by atoms with E-state index in [4.69, 9.17) is 0 Å². The Kier molecular flexibility index (Phi) is 3.44. The lowest BCUT2D eigenvalue weighted by molar-refractivity contribution is -0.139. The van der Waals surface area contributed by atoms with Crippen LogP contribution in [0, 0.1) is 23.2 Å². The average Bonchev–Trinajstić information content (AvgIpc) is 2.83. The molecule has 1 aromatic carbocycles. The Morgan fingerprint density at radius 2 is 2.09 bits per heavy atom. The van der Waals surface area contributed by atoms with E-state index >= 15 is 0 Å². The fraction of sp³-hybridized carbons (Fsp3) is 0.650. The molecule has 0 radical (unpaired) electrons. The average molecular weight is 314 g/mol. The predicted molar refractivity (Wildman–Crippen MR) is 88.5 cm³/mol. The zero-order valence-corrected chi connectivity index (χ0v) is 13.8. The van der Waals surface area contributed by atoms with E-state index in [2.05, 4.69) is 13.0 Å². The highest BCUT2D eigenvalue weighted by molar-refractivity contribution is 5.67. The monoisotopic (exact) mass is 314 g/mol. The molecule has 0 amide bonds. The number of phenols is 1. The van der Waals surface area contributed by atoms with Gasteiger partial charge >= 0.3 is 5.97 Å². The summed E-state index contributed by atoms with van der Waals surface area (Å²) in [5.41, 5.74) is 2.99. The molecule has 2 N–H and O–H groups in total. The van der Waals surface area contributed by atoms with Crippen molar-refractivity contribution in [3.8, 4) is 5.75 Å². The van der Waals surface area contributed by atoms with Gasteiger partial charge in [-0.25, -0.2) is 0 Å². The molecule has 1 aromatic rings. The number of carboxylic acid groups (broad SMARTS) is 1. The number of aliphatic carboxylic acids is 1. The second kappa shape index (κ2) is 5.25. The van der Waals surface area contributed by atoms with Crippen molar-refractivity contribution in [2.75, 3.05) is 0 Å². The Hall–Kier alpha value is -1.51. The van der Waals surface area contributed by atoms with E-state index in [0.29, 0.717) is 35.8 Å². The second-order valence-corrected chi connectivity index (χ2v) is 8.22. The molecule has 3 heteroatoms. The van der Waals surface area contributed by atoms with Gasteiger partial charge in [0, 0.05) is 6.42 Å². The van der Waals surface area contributed by atoms with Crippen LogP contribution in [0.15, 0.2) is 18.2 Å². The molecular weight excluding hydrogens is 288 g/mol. The largest absolute Gasteiger partial charge is 0.508 e. The smallest absolute Gasteiger partial charge is 0.303 e.